The molecule has 0 fully saturated rings. The van der Waals surface area contributed by atoms with E-state index in [2.05, 4.69) is 11.1 Å². The molecule has 0 saturated carbocycles. The number of alkyl halides is 3. The number of halogens is 3. The molecular weight excluding hydrogens is 175 g/mol. The van der Waals surface area contributed by atoms with E-state index >= 15 is 0 Å². The van der Waals surface area contributed by atoms with E-state index in [1.165, 1.54) is 12.3 Å². The van der Waals surface area contributed by atoms with Crippen LogP contribution in [0.1, 0.15) is 0 Å². The largest absolute Gasteiger partial charge is 0.446 e. The fourth-order valence-electron chi connectivity index (χ4n) is 0.500. The highest BCUT2D eigenvalue weighted by Gasteiger charge is 2.29. The molecule has 0 saturated heterocycles. The van der Waals surface area contributed by atoms with Crippen molar-refractivity contribution in [2.75, 3.05) is 0 Å². The van der Waals surface area contributed by atoms with Gasteiger partial charge in [0.2, 0.25) is 0 Å². The molecule has 1 rings (SSSR count). The number of thioether (sulfide) groups is 1. The minimum absolute atomic E-state index is 0.0556. The van der Waals surface area contributed by atoms with Crippen molar-refractivity contribution in [1.82, 2.24) is 4.98 Å². The molecular formula is C6H3F3NS. The average molecular weight is 178 g/mol. The summed E-state index contributed by atoms with van der Waals surface area (Å²) >= 11 is -0.193. The van der Waals surface area contributed by atoms with Crippen molar-refractivity contribution >= 4 is 11.8 Å². The molecule has 0 N–H and O–H groups in total. The van der Waals surface area contributed by atoms with Gasteiger partial charge in [-0.15, -0.1) is 0 Å². The molecule has 0 unspecified atom stereocenters. The first-order valence-electron chi connectivity index (χ1n) is 2.65. The molecule has 0 amide bonds. The predicted octanol–water partition coefficient (Wildman–Crippen LogP) is 2.49. The summed E-state index contributed by atoms with van der Waals surface area (Å²) in [5, 5.41) is 0. The third kappa shape index (κ3) is 3.27. The Hall–Kier alpha value is -0.710. The molecule has 0 aliphatic rings. The van der Waals surface area contributed by atoms with Gasteiger partial charge >= 0.3 is 5.51 Å². The van der Waals surface area contributed by atoms with E-state index in [9.17, 15) is 13.2 Å². The minimum Gasteiger partial charge on any atom is -0.263 e. The van der Waals surface area contributed by atoms with Crippen LogP contribution in [0.5, 0.6) is 0 Å². The van der Waals surface area contributed by atoms with Gasteiger partial charge in [0.25, 0.3) is 0 Å². The average Bonchev–Trinajstić information content (AvgIpc) is 1.85. The van der Waals surface area contributed by atoms with Crippen LogP contribution in [0.25, 0.3) is 0 Å². The molecule has 0 aliphatic carbocycles. The Kier molecular flexibility index (Phi) is 2.38. The smallest absolute Gasteiger partial charge is 0.263 e. The number of hydrogen-bond acceptors (Lipinski definition) is 2. The van der Waals surface area contributed by atoms with Crippen LogP contribution in [0.15, 0.2) is 23.4 Å². The normalized spacial score (nSPS) is 11.5. The van der Waals surface area contributed by atoms with Gasteiger partial charge in [-0.3, -0.25) is 4.98 Å². The Labute approximate surface area is 65.6 Å². The van der Waals surface area contributed by atoms with Crippen molar-refractivity contribution in [3.63, 3.8) is 0 Å². The molecule has 1 aromatic heterocycles. The van der Waals surface area contributed by atoms with E-state index in [1.807, 2.05) is 0 Å². The molecule has 0 spiro atoms. The maximum absolute atomic E-state index is 11.7. The Morgan fingerprint density at radius 1 is 1.45 bits per heavy atom. The quantitative estimate of drug-likeness (QED) is 0.613. The zero-order chi connectivity index (χ0) is 8.32. The molecule has 1 heterocycles. The van der Waals surface area contributed by atoms with Crippen molar-refractivity contribution in [2.45, 2.75) is 10.4 Å². The number of hydrogen-bond donors (Lipinski definition) is 0. The first-order valence-corrected chi connectivity index (χ1v) is 3.46. The third-order valence-corrected chi connectivity index (χ3v) is 1.50. The number of nitrogens with zero attached hydrogens (tertiary/aromatic N) is 1. The van der Waals surface area contributed by atoms with Gasteiger partial charge in [0.15, 0.2) is 0 Å². The van der Waals surface area contributed by atoms with E-state index in [0.717, 1.165) is 6.20 Å². The Morgan fingerprint density at radius 3 is 2.64 bits per heavy atom. The fraction of sp³-hybridized carbons (Fsp3) is 0.167. The van der Waals surface area contributed by atoms with Crippen LogP contribution in [0.4, 0.5) is 13.2 Å². The number of pyridine rings is 1. The Morgan fingerprint density at radius 2 is 2.18 bits per heavy atom. The topological polar surface area (TPSA) is 12.9 Å². The van der Waals surface area contributed by atoms with Gasteiger partial charge in [-0.25, -0.2) is 0 Å². The SMILES string of the molecule is FC(F)(F)Sc1c[c]cnc1. The van der Waals surface area contributed by atoms with E-state index in [1.54, 1.807) is 0 Å². The highest BCUT2D eigenvalue weighted by atomic mass is 32.2. The van der Waals surface area contributed by atoms with Crippen LogP contribution in [0.3, 0.4) is 0 Å². The monoisotopic (exact) mass is 178 g/mol. The standard InChI is InChI=1S/C6H3F3NS/c7-6(8,9)11-5-2-1-3-10-4-5/h2-4H. The summed E-state index contributed by atoms with van der Waals surface area (Å²) in [6.45, 7) is 0. The van der Waals surface area contributed by atoms with E-state index in [4.69, 9.17) is 0 Å². The highest BCUT2D eigenvalue weighted by molar-refractivity contribution is 8.00. The molecule has 5 heteroatoms. The van der Waals surface area contributed by atoms with Gasteiger partial charge in [-0.05, 0) is 17.8 Å². The second-order valence-corrected chi connectivity index (χ2v) is 2.81. The predicted molar refractivity (Wildman–Crippen MR) is 35.0 cm³/mol. The van der Waals surface area contributed by atoms with Crippen molar-refractivity contribution in [2.24, 2.45) is 0 Å². The lowest BCUT2D eigenvalue weighted by atomic mass is 10.5. The van der Waals surface area contributed by atoms with Gasteiger partial charge in [0, 0.05) is 23.4 Å². The second kappa shape index (κ2) is 3.13. The minimum atomic E-state index is -4.24. The van der Waals surface area contributed by atoms with Crippen LogP contribution in [-0.4, -0.2) is 10.5 Å². The molecule has 0 aliphatic heterocycles. The third-order valence-electron chi connectivity index (χ3n) is 0.810. The first-order chi connectivity index (χ1) is 5.08. The Balaban J connectivity index is 2.66. The van der Waals surface area contributed by atoms with Crippen LogP contribution in [-0.2, 0) is 0 Å². The lowest BCUT2D eigenvalue weighted by molar-refractivity contribution is -0.0328. The van der Waals surface area contributed by atoms with Crippen molar-refractivity contribution in [3.05, 3.63) is 24.5 Å². The molecule has 59 valence electrons. The summed E-state index contributed by atoms with van der Waals surface area (Å²) in [6.07, 6.45) is 2.45. The summed E-state index contributed by atoms with van der Waals surface area (Å²) < 4.78 is 35.0. The molecule has 1 radical (unpaired) electrons. The summed E-state index contributed by atoms with van der Waals surface area (Å²) in [4.78, 5) is 3.55. The highest BCUT2D eigenvalue weighted by Crippen LogP contribution is 2.35. The van der Waals surface area contributed by atoms with Crippen LogP contribution in [0, 0.1) is 6.07 Å². The molecule has 11 heavy (non-hydrogen) atoms. The lowest BCUT2D eigenvalue weighted by Gasteiger charge is -2.02. The molecule has 1 aromatic rings. The lowest BCUT2D eigenvalue weighted by Crippen LogP contribution is -1.98. The van der Waals surface area contributed by atoms with Gasteiger partial charge in [0.1, 0.15) is 0 Å². The molecule has 0 bridgehead atoms. The van der Waals surface area contributed by atoms with Crippen LogP contribution in [0.2, 0.25) is 0 Å². The fourth-order valence-corrected chi connectivity index (χ4v) is 1.01. The molecule has 1 nitrogen and oxygen atoms in total. The van der Waals surface area contributed by atoms with E-state index in [-0.39, 0.29) is 16.7 Å². The van der Waals surface area contributed by atoms with E-state index < -0.39 is 5.51 Å². The summed E-state index contributed by atoms with van der Waals surface area (Å²) in [6, 6.07) is 3.69. The number of aromatic nitrogens is 1. The maximum atomic E-state index is 11.7. The summed E-state index contributed by atoms with van der Waals surface area (Å²) in [7, 11) is 0. The van der Waals surface area contributed by atoms with Gasteiger partial charge in [-0.1, -0.05) is 0 Å². The molecule has 0 aromatic carbocycles. The summed E-state index contributed by atoms with van der Waals surface area (Å²) in [5.74, 6) is 0. The van der Waals surface area contributed by atoms with Crippen LogP contribution >= 0.6 is 11.8 Å². The van der Waals surface area contributed by atoms with Crippen LogP contribution < -0.4 is 0 Å². The van der Waals surface area contributed by atoms with E-state index in [0.29, 0.717) is 0 Å². The van der Waals surface area contributed by atoms with Crippen molar-refractivity contribution in [3.8, 4) is 0 Å². The molecule has 0 atom stereocenters. The van der Waals surface area contributed by atoms with Crippen molar-refractivity contribution in [1.29, 1.82) is 0 Å². The maximum Gasteiger partial charge on any atom is 0.446 e. The van der Waals surface area contributed by atoms with Gasteiger partial charge < -0.3 is 0 Å². The summed E-state index contributed by atoms with van der Waals surface area (Å²) in [5.41, 5.74) is -4.24. The zero-order valence-electron chi connectivity index (χ0n) is 5.22. The second-order valence-electron chi connectivity index (χ2n) is 1.67. The zero-order valence-corrected chi connectivity index (χ0v) is 6.04. The van der Waals surface area contributed by atoms with Crippen molar-refractivity contribution < 1.29 is 13.2 Å². The number of rotatable bonds is 1. The first kappa shape index (κ1) is 8.39. The Bertz CT molecular complexity index is 221. The van der Waals surface area contributed by atoms with Gasteiger partial charge in [0.05, 0.1) is 0 Å². The van der Waals surface area contributed by atoms with Gasteiger partial charge in [-0.2, -0.15) is 13.2 Å².